The summed E-state index contributed by atoms with van der Waals surface area (Å²) in [5.41, 5.74) is 0. The number of nitrogens with zero attached hydrogens (tertiary/aromatic N) is 1. The van der Waals surface area contributed by atoms with Crippen LogP contribution in [0.3, 0.4) is 0 Å². The minimum absolute atomic E-state index is 0.0107. The Morgan fingerprint density at radius 2 is 1.71 bits per heavy atom. The molecule has 0 aromatic carbocycles. The number of hydrogen-bond donors (Lipinski definition) is 1. The van der Waals surface area contributed by atoms with Crippen molar-refractivity contribution in [1.82, 2.24) is 4.90 Å². The SMILES string of the molecule is O=C(O)COC1CCN(C(=O)CCC2CCCCC2)CC1. The Balaban J connectivity index is 1.62. The van der Waals surface area contributed by atoms with Crippen LogP contribution in [0.25, 0.3) is 0 Å². The molecule has 0 bridgehead atoms. The summed E-state index contributed by atoms with van der Waals surface area (Å²) < 4.78 is 5.29. The molecule has 0 spiro atoms. The third-order valence-electron chi connectivity index (χ3n) is 4.73. The van der Waals surface area contributed by atoms with Crippen LogP contribution in [0.4, 0.5) is 0 Å². The highest BCUT2D eigenvalue weighted by molar-refractivity contribution is 5.76. The number of aliphatic carboxylic acids is 1. The van der Waals surface area contributed by atoms with Gasteiger partial charge in [-0.25, -0.2) is 4.79 Å². The van der Waals surface area contributed by atoms with E-state index in [1.54, 1.807) is 0 Å². The average molecular weight is 297 g/mol. The fourth-order valence-electron chi connectivity index (χ4n) is 3.42. The van der Waals surface area contributed by atoms with Crippen molar-refractivity contribution in [2.24, 2.45) is 5.92 Å². The third-order valence-corrected chi connectivity index (χ3v) is 4.73. The molecule has 120 valence electrons. The Morgan fingerprint density at radius 1 is 1.05 bits per heavy atom. The smallest absolute Gasteiger partial charge is 0.329 e. The van der Waals surface area contributed by atoms with E-state index in [1.807, 2.05) is 4.90 Å². The molecular formula is C16H27NO4. The fourth-order valence-corrected chi connectivity index (χ4v) is 3.42. The zero-order valence-corrected chi connectivity index (χ0v) is 12.8. The number of carboxylic acids is 1. The number of amides is 1. The van der Waals surface area contributed by atoms with Crippen molar-refractivity contribution in [1.29, 1.82) is 0 Å². The lowest BCUT2D eigenvalue weighted by Crippen LogP contribution is -2.41. The largest absolute Gasteiger partial charge is 0.480 e. The molecule has 0 aromatic heterocycles. The average Bonchev–Trinajstić information content (AvgIpc) is 2.52. The van der Waals surface area contributed by atoms with E-state index in [2.05, 4.69) is 0 Å². The van der Waals surface area contributed by atoms with Crippen LogP contribution >= 0.6 is 0 Å². The van der Waals surface area contributed by atoms with E-state index in [1.165, 1.54) is 32.1 Å². The van der Waals surface area contributed by atoms with E-state index in [0.717, 1.165) is 25.2 Å². The first-order chi connectivity index (χ1) is 10.1. The predicted octanol–water partition coefficient (Wildman–Crippen LogP) is 2.44. The lowest BCUT2D eigenvalue weighted by molar-refractivity contribution is -0.146. The summed E-state index contributed by atoms with van der Waals surface area (Å²) in [5.74, 6) is 0.0809. The molecule has 2 fully saturated rings. The Labute approximate surface area is 126 Å². The van der Waals surface area contributed by atoms with E-state index in [-0.39, 0.29) is 18.6 Å². The van der Waals surface area contributed by atoms with Gasteiger partial charge in [0.05, 0.1) is 6.10 Å². The van der Waals surface area contributed by atoms with Crippen molar-refractivity contribution in [2.75, 3.05) is 19.7 Å². The Kier molecular flexibility index (Phi) is 6.49. The number of carbonyl (C=O) groups excluding carboxylic acids is 1. The Hall–Kier alpha value is -1.10. The van der Waals surface area contributed by atoms with Gasteiger partial charge in [0.15, 0.2) is 0 Å². The van der Waals surface area contributed by atoms with Crippen molar-refractivity contribution < 1.29 is 19.4 Å². The summed E-state index contributed by atoms with van der Waals surface area (Å²) in [5, 5.41) is 8.59. The lowest BCUT2D eigenvalue weighted by Gasteiger charge is -2.32. The first-order valence-corrected chi connectivity index (χ1v) is 8.26. The number of likely N-dealkylation sites (tertiary alicyclic amines) is 1. The highest BCUT2D eigenvalue weighted by Crippen LogP contribution is 2.27. The van der Waals surface area contributed by atoms with E-state index in [4.69, 9.17) is 9.84 Å². The number of carbonyl (C=O) groups is 2. The van der Waals surface area contributed by atoms with Gasteiger partial charge in [0, 0.05) is 19.5 Å². The second-order valence-corrected chi connectivity index (χ2v) is 6.33. The zero-order chi connectivity index (χ0) is 15.1. The molecule has 0 aromatic rings. The predicted molar refractivity (Wildman–Crippen MR) is 79.0 cm³/mol. The van der Waals surface area contributed by atoms with Gasteiger partial charge in [0.1, 0.15) is 6.61 Å². The van der Waals surface area contributed by atoms with Gasteiger partial charge in [-0.1, -0.05) is 32.1 Å². The second kappa shape index (κ2) is 8.37. The van der Waals surface area contributed by atoms with E-state index >= 15 is 0 Å². The van der Waals surface area contributed by atoms with Crippen LogP contribution in [0.15, 0.2) is 0 Å². The molecule has 21 heavy (non-hydrogen) atoms. The summed E-state index contributed by atoms with van der Waals surface area (Å²) in [4.78, 5) is 24.6. The maximum atomic E-state index is 12.2. The molecule has 5 heteroatoms. The maximum Gasteiger partial charge on any atom is 0.329 e. The fraction of sp³-hybridized carbons (Fsp3) is 0.875. The standard InChI is InChI=1S/C16H27NO4/c18-15(7-6-13-4-2-1-3-5-13)17-10-8-14(9-11-17)21-12-16(19)20/h13-14H,1-12H2,(H,19,20). The number of hydrogen-bond acceptors (Lipinski definition) is 3. The molecule has 1 saturated carbocycles. The molecule has 1 N–H and O–H groups in total. The van der Waals surface area contributed by atoms with Gasteiger partial charge >= 0.3 is 5.97 Å². The molecule has 0 atom stereocenters. The molecule has 0 radical (unpaired) electrons. The van der Waals surface area contributed by atoms with Crippen LogP contribution in [0.1, 0.15) is 57.8 Å². The van der Waals surface area contributed by atoms with Gasteiger partial charge < -0.3 is 14.7 Å². The molecule has 1 saturated heterocycles. The van der Waals surface area contributed by atoms with Gasteiger partial charge in [0.2, 0.25) is 5.91 Å². The number of piperidine rings is 1. The number of ether oxygens (including phenoxy) is 1. The minimum atomic E-state index is -0.930. The van der Waals surface area contributed by atoms with Gasteiger partial charge in [-0.15, -0.1) is 0 Å². The lowest BCUT2D eigenvalue weighted by atomic mass is 9.86. The summed E-state index contributed by atoms with van der Waals surface area (Å²) in [6.07, 6.45) is 9.79. The summed E-state index contributed by atoms with van der Waals surface area (Å²) in [7, 11) is 0. The summed E-state index contributed by atoms with van der Waals surface area (Å²) >= 11 is 0. The topological polar surface area (TPSA) is 66.8 Å². The molecule has 0 unspecified atom stereocenters. The van der Waals surface area contributed by atoms with Crippen molar-refractivity contribution >= 4 is 11.9 Å². The van der Waals surface area contributed by atoms with E-state index in [0.29, 0.717) is 19.5 Å². The monoisotopic (exact) mass is 297 g/mol. The highest BCUT2D eigenvalue weighted by Gasteiger charge is 2.24. The van der Waals surface area contributed by atoms with Crippen LogP contribution in [-0.2, 0) is 14.3 Å². The molecule has 1 aliphatic carbocycles. The van der Waals surface area contributed by atoms with E-state index < -0.39 is 5.97 Å². The van der Waals surface area contributed by atoms with Gasteiger partial charge in [0.25, 0.3) is 0 Å². The van der Waals surface area contributed by atoms with Crippen LogP contribution in [0, 0.1) is 5.92 Å². The molecule has 2 aliphatic rings. The second-order valence-electron chi connectivity index (χ2n) is 6.33. The number of rotatable bonds is 6. The van der Waals surface area contributed by atoms with Gasteiger partial charge in [-0.3, -0.25) is 4.79 Å². The molecule has 2 rings (SSSR count). The first kappa shape index (κ1) is 16.3. The summed E-state index contributed by atoms with van der Waals surface area (Å²) in [6, 6.07) is 0. The van der Waals surface area contributed by atoms with Crippen molar-refractivity contribution in [2.45, 2.75) is 63.9 Å². The maximum absolute atomic E-state index is 12.2. The quantitative estimate of drug-likeness (QED) is 0.817. The van der Waals surface area contributed by atoms with Crippen molar-refractivity contribution in [3.05, 3.63) is 0 Å². The van der Waals surface area contributed by atoms with Gasteiger partial charge in [-0.05, 0) is 25.2 Å². The zero-order valence-electron chi connectivity index (χ0n) is 12.8. The van der Waals surface area contributed by atoms with Gasteiger partial charge in [-0.2, -0.15) is 0 Å². The van der Waals surface area contributed by atoms with E-state index in [9.17, 15) is 9.59 Å². The van der Waals surface area contributed by atoms with Crippen LogP contribution in [0.2, 0.25) is 0 Å². The van der Waals surface area contributed by atoms with Crippen LogP contribution in [-0.4, -0.2) is 47.7 Å². The normalized spacial score (nSPS) is 21.4. The van der Waals surface area contributed by atoms with Crippen LogP contribution in [0.5, 0.6) is 0 Å². The highest BCUT2D eigenvalue weighted by atomic mass is 16.5. The van der Waals surface area contributed by atoms with Crippen LogP contribution < -0.4 is 0 Å². The van der Waals surface area contributed by atoms with Crippen molar-refractivity contribution in [3.63, 3.8) is 0 Å². The Morgan fingerprint density at radius 3 is 2.33 bits per heavy atom. The Bertz CT molecular complexity index is 344. The summed E-state index contributed by atoms with van der Waals surface area (Å²) in [6.45, 7) is 1.17. The van der Waals surface area contributed by atoms with Crippen molar-refractivity contribution in [3.8, 4) is 0 Å². The first-order valence-electron chi connectivity index (χ1n) is 8.26. The third kappa shape index (κ3) is 5.65. The molecular weight excluding hydrogens is 270 g/mol. The molecule has 1 amide bonds. The number of carboxylic acid groups (broad SMARTS) is 1. The minimum Gasteiger partial charge on any atom is -0.480 e. The molecule has 1 heterocycles. The molecule has 5 nitrogen and oxygen atoms in total. The molecule has 1 aliphatic heterocycles.